The van der Waals surface area contributed by atoms with Crippen molar-refractivity contribution in [1.82, 2.24) is 5.32 Å². The molecule has 1 aromatic rings. The Balaban J connectivity index is 2.69. The molecule has 4 N–H and O–H groups in total. The molecule has 0 fully saturated rings. The minimum absolute atomic E-state index is 0.187. The van der Waals surface area contributed by atoms with E-state index in [4.69, 9.17) is 5.73 Å². The van der Waals surface area contributed by atoms with E-state index in [-0.39, 0.29) is 11.5 Å². The second kappa shape index (κ2) is 6.95. The standard InChI is InChI=1S/C13H17F2N3O2/c1-2-11(19)18-10-5-3-4-9(6-10)12(20)17-8-13(14,15)7-16/h3-6H,2,7-8,16H2,1H3,(H,17,20)(H,18,19). The average molecular weight is 285 g/mol. The molecule has 0 saturated heterocycles. The Hall–Kier alpha value is -2.02. The first-order valence-electron chi connectivity index (χ1n) is 6.14. The molecule has 5 nitrogen and oxygen atoms in total. The monoisotopic (exact) mass is 285 g/mol. The van der Waals surface area contributed by atoms with Crippen LogP contribution < -0.4 is 16.4 Å². The molecule has 20 heavy (non-hydrogen) atoms. The number of alkyl halides is 2. The number of rotatable bonds is 6. The van der Waals surface area contributed by atoms with Gasteiger partial charge in [0, 0.05) is 17.7 Å². The molecule has 0 aliphatic carbocycles. The Morgan fingerprint density at radius 3 is 2.65 bits per heavy atom. The first kappa shape index (κ1) is 16.0. The van der Waals surface area contributed by atoms with Crippen molar-refractivity contribution in [1.29, 1.82) is 0 Å². The van der Waals surface area contributed by atoms with Gasteiger partial charge in [-0.1, -0.05) is 13.0 Å². The lowest BCUT2D eigenvalue weighted by Gasteiger charge is -2.14. The van der Waals surface area contributed by atoms with Crippen LogP contribution in [0.4, 0.5) is 14.5 Å². The predicted octanol–water partition coefficient (Wildman–Crippen LogP) is 1.36. The van der Waals surface area contributed by atoms with Crippen molar-refractivity contribution in [2.45, 2.75) is 19.3 Å². The van der Waals surface area contributed by atoms with E-state index >= 15 is 0 Å². The largest absolute Gasteiger partial charge is 0.346 e. The molecule has 0 spiro atoms. The third-order valence-corrected chi connectivity index (χ3v) is 2.54. The summed E-state index contributed by atoms with van der Waals surface area (Å²) >= 11 is 0. The van der Waals surface area contributed by atoms with Gasteiger partial charge in [0.1, 0.15) is 0 Å². The van der Waals surface area contributed by atoms with Crippen molar-refractivity contribution in [3.63, 3.8) is 0 Å². The normalized spacial score (nSPS) is 11.0. The SMILES string of the molecule is CCC(=O)Nc1cccc(C(=O)NCC(F)(F)CN)c1. The minimum atomic E-state index is -3.14. The summed E-state index contributed by atoms with van der Waals surface area (Å²) in [7, 11) is 0. The van der Waals surface area contributed by atoms with E-state index in [1.54, 1.807) is 19.1 Å². The molecule has 0 heterocycles. The first-order chi connectivity index (χ1) is 9.38. The number of nitrogens with one attached hydrogen (secondary N) is 2. The number of nitrogens with two attached hydrogens (primary N) is 1. The molecule has 0 aliphatic rings. The van der Waals surface area contributed by atoms with Crippen molar-refractivity contribution >= 4 is 17.5 Å². The molecule has 7 heteroatoms. The van der Waals surface area contributed by atoms with Gasteiger partial charge < -0.3 is 16.4 Å². The predicted molar refractivity (Wildman–Crippen MR) is 71.7 cm³/mol. The fourth-order valence-corrected chi connectivity index (χ4v) is 1.37. The Kier molecular flexibility index (Phi) is 5.57. The van der Waals surface area contributed by atoms with Gasteiger partial charge in [-0.15, -0.1) is 0 Å². The van der Waals surface area contributed by atoms with Gasteiger partial charge in [-0.2, -0.15) is 0 Å². The van der Waals surface area contributed by atoms with Crippen molar-refractivity contribution in [2.24, 2.45) is 5.73 Å². The zero-order valence-electron chi connectivity index (χ0n) is 11.1. The van der Waals surface area contributed by atoms with E-state index in [2.05, 4.69) is 10.6 Å². The minimum Gasteiger partial charge on any atom is -0.346 e. The Bertz CT molecular complexity index is 492. The Morgan fingerprint density at radius 2 is 2.05 bits per heavy atom. The van der Waals surface area contributed by atoms with Crippen LogP contribution in [0.3, 0.4) is 0 Å². The molecular weight excluding hydrogens is 268 g/mol. The van der Waals surface area contributed by atoms with Gasteiger partial charge in [0.2, 0.25) is 5.91 Å². The zero-order chi connectivity index (χ0) is 15.2. The van der Waals surface area contributed by atoms with E-state index in [0.29, 0.717) is 12.1 Å². The van der Waals surface area contributed by atoms with Crippen LogP contribution in [0, 0.1) is 0 Å². The van der Waals surface area contributed by atoms with Crippen LogP contribution in [0.2, 0.25) is 0 Å². The van der Waals surface area contributed by atoms with E-state index in [9.17, 15) is 18.4 Å². The van der Waals surface area contributed by atoms with Crippen molar-refractivity contribution in [3.8, 4) is 0 Å². The Labute approximate surface area is 115 Å². The maximum atomic E-state index is 12.9. The van der Waals surface area contributed by atoms with Gasteiger partial charge in [0.15, 0.2) is 0 Å². The lowest BCUT2D eigenvalue weighted by atomic mass is 10.2. The molecule has 1 rings (SSSR count). The van der Waals surface area contributed by atoms with Crippen LogP contribution >= 0.6 is 0 Å². The van der Waals surface area contributed by atoms with Gasteiger partial charge >= 0.3 is 0 Å². The molecule has 0 aliphatic heterocycles. The molecule has 110 valence electrons. The van der Waals surface area contributed by atoms with Crippen LogP contribution in [0.25, 0.3) is 0 Å². The number of hydrogen-bond acceptors (Lipinski definition) is 3. The van der Waals surface area contributed by atoms with E-state index in [1.165, 1.54) is 12.1 Å². The molecule has 0 radical (unpaired) electrons. The molecular formula is C13H17F2N3O2. The van der Waals surface area contributed by atoms with Gasteiger partial charge in [-0.3, -0.25) is 9.59 Å². The van der Waals surface area contributed by atoms with Crippen molar-refractivity contribution in [3.05, 3.63) is 29.8 Å². The number of hydrogen-bond donors (Lipinski definition) is 3. The summed E-state index contributed by atoms with van der Waals surface area (Å²) in [4.78, 5) is 23.0. The lowest BCUT2D eigenvalue weighted by molar-refractivity contribution is -0.115. The molecule has 0 aromatic heterocycles. The smallest absolute Gasteiger partial charge is 0.277 e. The maximum Gasteiger partial charge on any atom is 0.277 e. The molecule has 2 amide bonds. The summed E-state index contributed by atoms with van der Waals surface area (Å²) in [6.45, 7) is 0.0363. The summed E-state index contributed by atoms with van der Waals surface area (Å²) in [6.07, 6.45) is 0.305. The second-order valence-electron chi connectivity index (χ2n) is 4.23. The highest BCUT2D eigenvalue weighted by Gasteiger charge is 2.27. The van der Waals surface area contributed by atoms with Gasteiger partial charge in [-0.25, -0.2) is 8.78 Å². The number of carbonyl (C=O) groups excluding carboxylic acids is 2. The third-order valence-electron chi connectivity index (χ3n) is 2.54. The van der Waals surface area contributed by atoms with Gasteiger partial charge in [-0.05, 0) is 18.2 Å². The fraction of sp³-hybridized carbons (Fsp3) is 0.385. The number of amides is 2. The summed E-state index contributed by atoms with van der Waals surface area (Å²) in [5.74, 6) is -3.98. The maximum absolute atomic E-state index is 12.9. The summed E-state index contributed by atoms with van der Waals surface area (Å²) in [5, 5.41) is 4.69. The number of carbonyl (C=O) groups is 2. The second-order valence-corrected chi connectivity index (χ2v) is 4.23. The summed E-state index contributed by atoms with van der Waals surface area (Å²) < 4.78 is 25.9. The lowest BCUT2D eigenvalue weighted by Crippen LogP contribution is -2.41. The summed E-state index contributed by atoms with van der Waals surface area (Å²) in [6, 6.07) is 6.06. The molecule has 0 atom stereocenters. The highest BCUT2D eigenvalue weighted by molar-refractivity contribution is 5.97. The molecule has 0 bridgehead atoms. The third kappa shape index (κ3) is 4.93. The zero-order valence-corrected chi connectivity index (χ0v) is 11.1. The van der Waals surface area contributed by atoms with Gasteiger partial charge in [0.05, 0.1) is 13.1 Å². The molecule has 1 aromatic carbocycles. The average Bonchev–Trinajstić information content (AvgIpc) is 2.45. The summed E-state index contributed by atoms with van der Waals surface area (Å²) in [5.41, 5.74) is 5.50. The van der Waals surface area contributed by atoms with Crippen molar-refractivity contribution in [2.75, 3.05) is 18.4 Å². The Morgan fingerprint density at radius 1 is 1.35 bits per heavy atom. The van der Waals surface area contributed by atoms with Crippen LogP contribution in [-0.4, -0.2) is 30.8 Å². The fourth-order valence-electron chi connectivity index (χ4n) is 1.37. The van der Waals surface area contributed by atoms with Crippen LogP contribution in [-0.2, 0) is 4.79 Å². The highest BCUT2D eigenvalue weighted by Crippen LogP contribution is 2.12. The van der Waals surface area contributed by atoms with Crippen LogP contribution in [0.5, 0.6) is 0 Å². The number of anilines is 1. The van der Waals surface area contributed by atoms with Crippen LogP contribution in [0.15, 0.2) is 24.3 Å². The van der Waals surface area contributed by atoms with E-state index < -0.39 is 24.9 Å². The number of halogens is 2. The highest BCUT2D eigenvalue weighted by atomic mass is 19.3. The van der Waals surface area contributed by atoms with Crippen molar-refractivity contribution < 1.29 is 18.4 Å². The van der Waals surface area contributed by atoms with E-state index in [0.717, 1.165) is 0 Å². The topological polar surface area (TPSA) is 84.2 Å². The van der Waals surface area contributed by atoms with Crippen LogP contribution in [0.1, 0.15) is 23.7 Å². The molecule has 0 unspecified atom stereocenters. The molecule has 0 saturated carbocycles. The first-order valence-corrected chi connectivity index (χ1v) is 6.14. The van der Waals surface area contributed by atoms with Gasteiger partial charge in [0.25, 0.3) is 11.8 Å². The van der Waals surface area contributed by atoms with E-state index in [1.807, 2.05) is 0 Å². The quantitative estimate of drug-likeness (QED) is 0.738. The number of benzene rings is 1.